The number of rotatable bonds is 1. The van der Waals surface area contributed by atoms with Crippen molar-refractivity contribution in [3.8, 4) is 0 Å². The molecule has 0 aliphatic carbocycles. The number of benzene rings is 2. The number of anilines is 3. The molecule has 4 heteroatoms. The van der Waals surface area contributed by atoms with E-state index in [0.717, 1.165) is 37.4 Å². The van der Waals surface area contributed by atoms with Crippen molar-refractivity contribution in [3.05, 3.63) is 53.3 Å². The minimum Gasteiger partial charge on any atom is -0.376 e. The molecule has 3 nitrogen and oxygen atoms in total. The molecule has 0 aromatic heterocycles. The van der Waals surface area contributed by atoms with Gasteiger partial charge < -0.3 is 15.1 Å². The zero-order chi connectivity index (χ0) is 17.0. The second-order valence-corrected chi connectivity index (χ2v) is 7.68. The number of para-hydroxylation sites is 1. The summed E-state index contributed by atoms with van der Waals surface area (Å²) in [6.07, 6.45) is 3.44. The van der Waals surface area contributed by atoms with Gasteiger partial charge in [0.05, 0.1) is 17.4 Å². The molecule has 1 fully saturated rings. The summed E-state index contributed by atoms with van der Waals surface area (Å²) < 4.78 is 14.0. The minimum absolute atomic E-state index is 0.168. The number of nitrogens with one attached hydrogen (secondary N) is 1. The summed E-state index contributed by atoms with van der Waals surface area (Å²) in [5, 5.41) is 3.73. The van der Waals surface area contributed by atoms with Gasteiger partial charge in [-0.05, 0) is 74.6 Å². The van der Waals surface area contributed by atoms with Gasteiger partial charge >= 0.3 is 0 Å². The van der Waals surface area contributed by atoms with Gasteiger partial charge in [-0.25, -0.2) is 4.39 Å². The lowest BCUT2D eigenvalue weighted by Crippen LogP contribution is -2.34. The lowest BCUT2D eigenvalue weighted by molar-refractivity contribution is 0.205. The van der Waals surface area contributed by atoms with Gasteiger partial charge in [0.15, 0.2) is 0 Å². The molecule has 1 saturated heterocycles. The Hall–Kier alpha value is -2.07. The molecule has 2 aromatic carbocycles. The number of hydrogen-bond donors (Lipinski definition) is 1. The van der Waals surface area contributed by atoms with E-state index in [4.69, 9.17) is 0 Å². The molecule has 0 saturated carbocycles. The Morgan fingerprint density at radius 1 is 1.08 bits per heavy atom. The maximum atomic E-state index is 14.0. The minimum atomic E-state index is -0.168. The zero-order valence-electron chi connectivity index (χ0n) is 14.6. The molecule has 1 atom stereocenters. The van der Waals surface area contributed by atoms with E-state index in [0.29, 0.717) is 5.92 Å². The maximum Gasteiger partial charge on any atom is 0.125 e. The SMILES string of the molecule is CN1CCC(C2Nc3cc(F)ccc3N3CCc4cccc2c43)CC1. The van der Waals surface area contributed by atoms with Crippen molar-refractivity contribution in [3.63, 3.8) is 0 Å². The van der Waals surface area contributed by atoms with E-state index in [9.17, 15) is 4.39 Å². The van der Waals surface area contributed by atoms with Crippen LogP contribution in [-0.4, -0.2) is 31.6 Å². The van der Waals surface area contributed by atoms with E-state index in [1.807, 2.05) is 6.07 Å². The molecule has 0 amide bonds. The number of halogens is 1. The quantitative estimate of drug-likeness (QED) is 0.836. The average Bonchev–Trinajstić information content (AvgIpc) is 2.99. The lowest BCUT2D eigenvalue weighted by Gasteiger charge is -2.35. The van der Waals surface area contributed by atoms with Crippen LogP contribution in [0.4, 0.5) is 21.5 Å². The van der Waals surface area contributed by atoms with Crippen molar-refractivity contribution < 1.29 is 4.39 Å². The molecule has 3 aliphatic heterocycles. The highest BCUT2D eigenvalue weighted by molar-refractivity contribution is 5.84. The number of likely N-dealkylation sites (tertiary alicyclic amines) is 1. The van der Waals surface area contributed by atoms with Gasteiger partial charge in [-0.1, -0.05) is 18.2 Å². The molecule has 0 radical (unpaired) electrons. The fourth-order valence-corrected chi connectivity index (χ4v) is 4.82. The number of nitrogens with zero attached hydrogens (tertiary/aromatic N) is 2. The van der Waals surface area contributed by atoms with Crippen molar-refractivity contribution in [2.75, 3.05) is 36.9 Å². The Morgan fingerprint density at radius 2 is 1.92 bits per heavy atom. The normalized spacial score (nSPS) is 23.0. The van der Waals surface area contributed by atoms with Crippen LogP contribution in [0.5, 0.6) is 0 Å². The molecule has 0 bridgehead atoms. The van der Waals surface area contributed by atoms with Crippen LogP contribution in [0.25, 0.3) is 0 Å². The van der Waals surface area contributed by atoms with E-state index >= 15 is 0 Å². The lowest BCUT2D eigenvalue weighted by atomic mass is 9.84. The van der Waals surface area contributed by atoms with E-state index in [-0.39, 0.29) is 11.9 Å². The Kier molecular flexibility index (Phi) is 3.49. The highest BCUT2D eigenvalue weighted by Crippen LogP contribution is 2.49. The number of piperidine rings is 1. The molecule has 3 aliphatic rings. The van der Waals surface area contributed by atoms with Gasteiger partial charge in [-0.15, -0.1) is 0 Å². The summed E-state index contributed by atoms with van der Waals surface area (Å²) in [5.74, 6) is 0.415. The molecule has 0 spiro atoms. The zero-order valence-corrected chi connectivity index (χ0v) is 14.6. The van der Waals surface area contributed by atoms with Crippen molar-refractivity contribution >= 4 is 17.1 Å². The number of hydrogen-bond acceptors (Lipinski definition) is 3. The molecule has 1 unspecified atom stereocenters. The molecule has 1 N–H and O–H groups in total. The third-order valence-corrected chi connectivity index (χ3v) is 6.16. The van der Waals surface area contributed by atoms with Gasteiger partial charge in [0.2, 0.25) is 0 Å². The Bertz CT molecular complexity index is 811. The summed E-state index contributed by atoms with van der Waals surface area (Å²) in [6.45, 7) is 3.25. The maximum absolute atomic E-state index is 14.0. The van der Waals surface area contributed by atoms with Crippen molar-refractivity contribution in [2.45, 2.75) is 25.3 Å². The molecule has 5 rings (SSSR count). The summed E-state index contributed by atoms with van der Waals surface area (Å²) in [6, 6.07) is 12.2. The molecule has 3 heterocycles. The van der Waals surface area contributed by atoms with Crippen LogP contribution in [0.3, 0.4) is 0 Å². The highest BCUT2D eigenvalue weighted by Gasteiger charge is 2.36. The van der Waals surface area contributed by atoms with Crippen molar-refractivity contribution in [2.24, 2.45) is 5.92 Å². The molecule has 2 aromatic rings. The smallest absolute Gasteiger partial charge is 0.125 e. The van der Waals surface area contributed by atoms with E-state index in [1.165, 1.54) is 29.7 Å². The molecular weight excluding hydrogens is 313 g/mol. The second-order valence-electron chi connectivity index (χ2n) is 7.68. The number of fused-ring (bicyclic) bond motifs is 2. The fourth-order valence-electron chi connectivity index (χ4n) is 4.82. The average molecular weight is 337 g/mol. The predicted molar refractivity (Wildman–Crippen MR) is 100 cm³/mol. The first-order valence-electron chi connectivity index (χ1n) is 9.34. The Labute approximate surface area is 148 Å². The van der Waals surface area contributed by atoms with E-state index in [2.05, 4.69) is 40.4 Å². The van der Waals surface area contributed by atoms with E-state index in [1.54, 1.807) is 12.1 Å². The van der Waals surface area contributed by atoms with Crippen LogP contribution >= 0.6 is 0 Å². The first kappa shape index (κ1) is 15.2. The third kappa shape index (κ3) is 2.43. The largest absolute Gasteiger partial charge is 0.376 e. The molecule has 130 valence electrons. The second kappa shape index (κ2) is 5.73. The Morgan fingerprint density at radius 3 is 2.76 bits per heavy atom. The monoisotopic (exact) mass is 337 g/mol. The predicted octanol–water partition coefficient (Wildman–Crippen LogP) is 4.33. The fraction of sp³-hybridized carbons (Fsp3) is 0.429. The highest BCUT2D eigenvalue weighted by atomic mass is 19.1. The standard InChI is InChI=1S/C21H24FN3/c1-24-10-7-14(8-11-24)20-17-4-2-3-15-9-12-25(21(15)17)19-6-5-16(22)13-18(19)23-20/h2-6,13-14,20,23H,7-12H2,1H3. The van der Waals surface area contributed by atoms with Crippen molar-refractivity contribution in [1.29, 1.82) is 0 Å². The molecule has 25 heavy (non-hydrogen) atoms. The van der Waals surface area contributed by atoms with Crippen LogP contribution < -0.4 is 10.2 Å². The third-order valence-electron chi connectivity index (χ3n) is 6.16. The summed E-state index contributed by atoms with van der Waals surface area (Å²) in [4.78, 5) is 4.80. The van der Waals surface area contributed by atoms with Gasteiger partial charge in [0.1, 0.15) is 5.82 Å². The van der Waals surface area contributed by atoms with E-state index < -0.39 is 0 Å². The van der Waals surface area contributed by atoms with Crippen LogP contribution in [0, 0.1) is 11.7 Å². The summed E-state index contributed by atoms with van der Waals surface area (Å²) in [5.41, 5.74) is 6.23. The first-order valence-corrected chi connectivity index (χ1v) is 9.34. The van der Waals surface area contributed by atoms with Gasteiger partial charge in [0, 0.05) is 12.2 Å². The van der Waals surface area contributed by atoms with Gasteiger partial charge in [-0.2, -0.15) is 0 Å². The topological polar surface area (TPSA) is 18.5 Å². The summed E-state index contributed by atoms with van der Waals surface area (Å²) in [7, 11) is 2.20. The summed E-state index contributed by atoms with van der Waals surface area (Å²) >= 11 is 0. The van der Waals surface area contributed by atoms with Gasteiger partial charge in [-0.3, -0.25) is 0 Å². The molecular formula is C21H24FN3. The van der Waals surface area contributed by atoms with Gasteiger partial charge in [0.25, 0.3) is 0 Å². The Balaban J connectivity index is 1.65. The van der Waals surface area contributed by atoms with Crippen molar-refractivity contribution in [1.82, 2.24) is 4.90 Å². The first-order chi connectivity index (χ1) is 12.2. The van der Waals surface area contributed by atoms with Crippen LogP contribution in [-0.2, 0) is 6.42 Å². The van der Waals surface area contributed by atoms with Crippen LogP contribution in [0.2, 0.25) is 0 Å². The van der Waals surface area contributed by atoms with Crippen LogP contribution in [0.1, 0.15) is 30.0 Å². The van der Waals surface area contributed by atoms with Crippen LogP contribution in [0.15, 0.2) is 36.4 Å².